The smallest absolute Gasteiger partial charge is 0.410 e. The minimum absolute atomic E-state index is 0.252. The minimum atomic E-state index is -0.474. The summed E-state index contributed by atoms with van der Waals surface area (Å²) in [6.45, 7) is 8.21. The molecule has 0 radical (unpaired) electrons. The molecule has 168 valence electrons. The summed E-state index contributed by atoms with van der Waals surface area (Å²) in [5.41, 5.74) is 1.49. The zero-order valence-electron chi connectivity index (χ0n) is 18.1. The van der Waals surface area contributed by atoms with Gasteiger partial charge in [-0.25, -0.2) is 4.79 Å². The third kappa shape index (κ3) is 6.93. The molecule has 5 nitrogen and oxygen atoms in total. The van der Waals surface area contributed by atoms with E-state index in [9.17, 15) is 4.79 Å². The summed E-state index contributed by atoms with van der Waals surface area (Å²) in [5, 5.41) is 1.28. The summed E-state index contributed by atoms with van der Waals surface area (Å²) in [7, 11) is 2.02. The van der Waals surface area contributed by atoms with Crippen LogP contribution in [0.3, 0.4) is 0 Å². The van der Waals surface area contributed by atoms with Crippen LogP contribution in [0.25, 0.3) is 0 Å². The van der Waals surface area contributed by atoms with E-state index in [-0.39, 0.29) is 6.09 Å². The summed E-state index contributed by atoms with van der Waals surface area (Å²) in [6.07, 6.45) is -0.252. The third-order valence-electron chi connectivity index (χ3n) is 4.85. The summed E-state index contributed by atoms with van der Waals surface area (Å²) in [5.74, 6) is 1.08. The van der Waals surface area contributed by atoms with Gasteiger partial charge in [-0.3, -0.25) is 0 Å². The van der Waals surface area contributed by atoms with Crippen LogP contribution in [0.4, 0.5) is 10.5 Å². The second-order valence-corrected chi connectivity index (χ2v) is 10.5. The molecule has 0 atom stereocenters. The van der Waals surface area contributed by atoms with Crippen molar-refractivity contribution < 1.29 is 14.3 Å². The Hall–Kier alpha value is -1.63. The average Bonchev–Trinajstić information content (AvgIpc) is 2.61. The Bertz CT molecular complexity index is 943. The number of likely N-dealkylation sites (tertiary alicyclic amines) is 1. The summed E-state index contributed by atoms with van der Waals surface area (Å²) in [4.78, 5) is 16.0. The maximum atomic E-state index is 12.1. The molecule has 1 aliphatic heterocycles. The Morgan fingerprint density at radius 2 is 1.87 bits per heavy atom. The normalized spacial score (nSPS) is 14.2. The van der Waals surface area contributed by atoms with E-state index in [1.165, 1.54) is 0 Å². The molecular weight excluding hydrogens is 503 g/mol. The first-order chi connectivity index (χ1) is 14.5. The number of ether oxygens (including phenoxy) is 2. The van der Waals surface area contributed by atoms with Crippen LogP contribution in [-0.2, 0) is 11.3 Å². The second-order valence-electron chi connectivity index (χ2n) is 8.80. The summed E-state index contributed by atoms with van der Waals surface area (Å²) < 4.78 is 12.3. The predicted molar refractivity (Wildman–Crippen MR) is 130 cm³/mol. The van der Waals surface area contributed by atoms with Crippen molar-refractivity contribution in [2.24, 2.45) is 5.92 Å². The fraction of sp³-hybridized carbons (Fsp3) is 0.435. The molecule has 1 aliphatic rings. The molecule has 8 heteroatoms. The number of benzene rings is 2. The van der Waals surface area contributed by atoms with Gasteiger partial charge in [-0.1, -0.05) is 45.2 Å². The Morgan fingerprint density at radius 1 is 1.16 bits per heavy atom. The molecule has 0 saturated carbocycles. The summed E-state index contributed by atoms with van der Waals surface area (Å²) >= 11 is 15.8. The fourth-order valence-corrected chi connectivity index (χ4v) is 4.32. The van der Waals surface area contributed by atoms with Crippen LogP contribution in [0.1, 0.15) is 26.3 Å². The van der Waals surface area contributed by atoms with Gasteiger partial charge in [0.1, 0.15) is 18.0 Å². The maximum absolute atomic E-state index is 12.1. The Balaban J connectivity index is 1.55. The van der Waals surface area contributed by atoms with Crippen molar-refractivity contribution in [3.8, 4) is 5.75 Å². The first-order valence-corrected chi connectivity index (χ1v) is 11.6. The van der Waals surface area contributed by atoms with E-state index in [2.05, 4.69) is 20.8 Å². The lowest BCUT2D eigenvalue weighted by Gasteiger charge is -2.41. The van der Waals surface area contributed by atoms with E-state index in [0.717, 1.165) is 22.3 Å². The first kappa shape index (κ1) is 24.0. The SMILES string of the molecule is CN(CC1CN(C(=O)OC(C)(C)C)C1)c1cc(Cl)cc(OCc2ccc(Cl)cc2Br)c1. The van der Waals surface area contributed by atoms with E-state index >= 15 is 0 Å². The molecule has 1 heterocycles. The van der Waals surface area contributed by atoms with Gasteiger partial charge in [0, 0.05) is 64.4 Å². The van der Waals surface area contributed by atoms with Crippen LogP contribution in [0.15, 0.2) is 40.9 Å². The van der Waals surface area contributed by atoms with E-state index in [0.29, 0.717) is 41.4 Å². The van der Waals surface area contributed by atoms with Crippen LogP contribution >= 0.6 is 39.1 Å². The predicted octanol–water partition coefficient (Wildman–Crippen LogP) is 6.64. The van der Waals surface area contributed by atoms with Crippen LogP contribution < -0.4 is 9.64 Å². The lowest BCUT2D eigenvalue weighted by atomic mass is 10.00. The average molecular weight is 530 g/mol. The maximum Gasteiger partial charge on any atom is 0.410 e. The van der Waals surface area contributed by atoms with E-state index in [4.69, 9.17) is 32.7 Å². The number of amides is 1. The molecule has 1 amide bonds. The van der Waals surface area contributed by atoms with E-state index < -0.39 is 5.60 Å². The van der Waals surface area contributed by atoms with Crippen LogP contribution in [0.5, 0.6) is 5.75 Å². The Morgan fingerprint density at radius 3 is 2.52 bits per heavy atom. The molecule has 2 aromatic rings. The monoisotopic (exact) mass is 528 g/mol. The van der Waals surface area contributed by atoms with Crippen molar-refractivity contribution in [3.05, 3.63) is 56.5 Å². The molecular formula is C23H27BrCl2N2O3. The van der Waals surface area contributed by atoms with Gasteiger partial charge in [0.2, 0.25) is 0 Å². The standard InChI is InChI=1S/C23H27BrCl2N2O3/c1-23(2,3)31-22(29)28-12-15(13-28)11-27(4)19-7-18(26)8-20(10-19)30-14-16-5-6-17(25)9-21(16)24/h5-10,15H,11-14H2,1-4H3. The molecule has 1 saturated heterocycles. The van der Waals surface area contributed by atoms with Gasteiger partial charge in [0.15, 0.2) is 0 Å². The number of rotatable bonds is 6. The topological polar surface area (TPSA) is 42.0 Å². The molecule has 1 fully saturated rings. The quantitative estimate of drug-likeness (QED) is 0.420. The molecule has 0 aliphatic carbocycles. The van der Waals surface area contributed by atoms with Crippen molar-refractivity contribution in [2.45, 2.75) is 33.0 Å². The van der Waals surface area contributed by atoms with Crippen molar-refractivity contribution in [1.82, 2.24) is 4.90 Å². The minimum Gasteiger partial charge on any atom is -0.489 e. The molecule has 0 bridgehead atoms. The highest BCUT2D eigenvalue weighted by atomic mass is 79.9. The Labute approximate surface area is 202 Å². The zero-order valence-corrected chi connectivity index (χ0v) is 21.2. The van der Waals surface area contributed by atoms with Gasteiger partial charge in [-0.15, -0.1) is 0 Å². The third-order valence-corrected chi connectivity index (χ3v) is 6.04. The second kappa shape index (κ2) is 9.88. The van der Waals surface area contributed by atoms with Gasteiger partial charge in [0.05, 0.1) is 0 Å². The molecule has 0 N–H and O–H groups in total. The number of hydrogen-bond acceptors (Lipinski definition) is 4. The number of carbonyl (C=O) groups is 1. The number of carbonyl (C=O) groups excluding carboxylic acids is 1. The van der Waals surface area contributed by atoms with Crippen molar-refractivity contribution >= 4 is 50.9 Å². The zero-order chi connectivity index (χ0) is 22.8. The highest BCUT2D eigenvalue weighted by Gasteiger charge is 2.34. The Kier molecular flexibility index (Phi) is 7.66. The van der Waals surface area contributed by atoms with E-state index in [1.807, 2.05) is 58.2 Å². The molecule has 0 aromatic heterocycles. The van der Waals surface area contributed by atoms with Crippen molar-refractivity contribution in [2.75, 3.05) is 31.6 Å². The molecule has 2 aromatic carbocycles. The number of halogens is 3. The van der Waals surface area contributed by atoms with Gasteiger partial charge in [-0.05, 0) is 45.0 Å². The summed E-state index contributed by atoms with van der Waals surface area (Å²) in [6, 6.07) is 11.3. The van der Waals surface area contributed by atoms with Crippen LogP contribution in [0.2, 0.25) is 10.0 Å². The van der Waals surface area contributed by atoms with Gasteiger partial charge < -0.3 is 19.3 Å². The van der Waals surface area contributed by atoms with Crippen molar-refractivity contribution in [3.63, 3.8) is 0 Å². The van der Waals surface area contributed by atoms with Crippen LogP contribution in [-0.4, -0.2) is 43.3 Å². The van der Waals surface area contributed by atoms with Gasteiger partial charge in [0.25, 0.3) is 0 Å². The largest absolute Gasteiger partial charge is 0.489 e. The molecule has 3 rings (SSSR count). The van der Waals surface area contributed by atoms with Gasteiger partial charge >= 0.3 is 6.09 Å². The highest BCUT2D eigenvalue weighted by Crippen LogP contribution is 2.30. The van der Waals surface area contributed by atoms with E-state index in [1.54, 1.807) is 11.0 Å². The lowest BCUT2D eigenvalue weighted by molar-refractivity contribution is 0.000190. The number of hydrogen-bond donors (Lipinski definition) is 0. The molecule has 0 spiro atoms. The first-order valence-electron chi connectivity index (χ1n) is 10.1. The highest BCUT2D eigenvalue weighted by molar-refractivity contribution is 9.10. The molecule has 0 unspecified atom stereocenters. The van der Waals surface area contributed by atoms with Crippen molar-refractivity contribution in [1.29, 1.82) is 0 Å². The molecule has 31 heavy (non-hydrogen) atoms. The van der Waals surface area contributed by atoms with Gasteiger partial charge in [-0.2, -0.15) is 0 Å². The number of anilines is 1. The number of nitrogens with zero attached hydrogens (tertiary/aromatic N) is 2. The van der Waals surface area contributed by atoms with Crippen LogP contribution in [0, 0.1) is 5.92 Å². The fourth-order valence-electron chi connectivity index (χ4n) is 3.31. The lowest BCUT2D eigenvalue weighted by Crippen LogP contribution is -2.54.